The topological polar surface area (TPSA) is 82.1 Å². The highest BCUT2D eigenvalue weighted by Crippen LogP contribution is 2.17. The number of para-hydroxylation sites is 1. The van der Waals surface area contributed by atoms with Crippen molar-refractivity contribution in [2.45, 2.75) is 25.8 Å². The molecule has 7 nitrogen and oxygen atoms in total. The average Bonchev–Trinajstić information content (AvgIpc) is 2.62. The number of ether oxygens (including phenoxy) is 1. The van der Waals surface area contributed by atoms with Gasteiger partial charge in [0.15, 0.2) is 0 Å². The number of carbonyl (C=O) groups is 2. The maximum Gasteiger partial charge on any atom is 0.317 e. The summed E-state index contributed by atoms with van der Waals surface area (Å²) in [6.45, 7) is 4.77. The number of nitrogens with zero attached hydrogens (tertiary/aromatic N) is 2. The summed E-state index contributed by atoms with van der Waals surface area (Å²) in [5.74, 6) is -0.0605. The largest absolute Gasteiger partial charge is 0.492 e. The van der Waals surface area contributed by atoms with Crippen molar-refractivity contribution < 1.29 is 19.4 Å². The second kappa shape index (κ2) is 9.88. The Balaban J connectivity index is 1.83. The molecule has 1 aliphatic rings. The van der Waals surface area contributed by atoms with Crippen LogP contribution in [0.15, 0.2) is 30.3 Å². The highest BCUT2D eigenvalue weighted by atomic mass is 16.5. The van der Waals surface area contributed by atoms with Crippen molar-refractivity contribution in [2.75, 3.05) is 39.3 Å². The first-order valence-corrected chi connectivity index (χ1v) is 8.76. The zero-order valence-corrected chi connectivity index (χ0v) is 14.7. The number of hydrogen-bond donors (Lipinski definition) is 2. The van der Waals surface area contributed by atoms with Crippen LogP contribution in [-0.2, 0) is 4.79 Å². The molecule has 7 heteroatoms. The third kappa shape index (κ3) is 6.26. The molecule has 1 saturated heterocycles. The molecule has 2 rings (SSSR count). The second-order valence-electron chi connectivity index (χ2n) is 6.08. The van der Waals surface area contributed by atoms with Crippen LogP contribution in [0.25, 0.3) is 0 Å². The van der Waals surface area contributed by atoms with Gasteiger partial charge in [-0.1, -0.05) is 18.2 Å². The summed E-state index contributed by atoms with van der Waals surface area (Å²) in [6.07, 6.45) is 1.55. The Morgan fingerprint density at radius 3 is 2.56 bits per heavy atom. The molecule has 2 amide bonds. The Kier molecular flexibility index (Phi) is 7.53. The number of carbonyl (C=O) groups excluding carboxylic acids is 1. The fraction of sp³-hybridized carbons (Fsp3) is 0.556. The third-order valence-electron chi connectivity index (χ3n) is 4.32. The Morgan fingerprint density at radius 1 is 1.28 bits per heavy atom. The van der Waals surface area contributed by atoms with Crippen LogP contribution in [-0.4, -0.2) is 72.3 Å². The second-order valence-corrected chi connectivity index (χ2v) is 6.08. The van der Waals surface area contributed by atoms with Crippen LogP contribution >= 0.6 is 0 Å². The minimum atomic E-state index is -0.842. The number of urea groups is 1. The van der Waals surface area contributed by atoms with Crippen LogP contribution in [0, 0.1) is 0 Å². The van der Waals surface area contributed by atoms with Gasteiger partial charge in [0.2, 0.25) is 0 Å². The predicted octanol–water partition coefficient (Wildman–Crippen LogP) is 1.65. The maximum absolute atomic E-state index is 11.9. The van der Waals surface area contributed by atoms with E-state index in [0.717, 1.165) is 18.6 Å². The van der Waals surface area contributed by atoms with Crippen LogP contribution in [0.1, 0.15) is 19.8 Å². The molecule has 0 unspecified atom stereocenters. The van der Waals surface area contributed by atoms with Gasteiger partial charge in [0, 0.05) is 32.2 Å². The van der Waals surface area contributed by atoms with Gasteiger partial charge in [0.05, 0.1) is 6.54 Å². The van der Waals surface area contributed by atoms with Gasteiger partial charge in [-0.05, 0) is 31.9 Å². The van der Waals surface area contributed by atoms with Gasteiger partial charge in [-0.3, -0.25) is 9.69 Å². The molecule has 1 aromatic carbocycles. The number of aliphatic carboxylic acids is 1. The molecule has 0 aliphatic carbocycles. The van der Waals surface area contributed by atoms with Crippen LogP contribution in [0.2, 0.25) is 0 Å². The van der Waals surface area contributed by atoms with Gasteiger partial charge < -0.3 is 20.1 Å². The standard InChI is InChI=1S/C18H27N3O4/c1-2-19-18(24)20-10-8-15(9-11-20)21(14-17(22)23)12-13-25-16-6-4-3-5-7-16/h3-7,15H,2,8-14H2,1H3,(H,19,24)(H,22,23). The molecule has 1 aromatic rings. The van der Waals surface area contributed by atoms with Crippen molar-refractivity contribution in [3.8, 4) is 5.75 Å². The van der Waals surface area contributed by atoms with Crippen molar-refractivity contribution in [1.82, 2.24) is 15.1 Å². The van der Waals surface area contributed by atoms with Gasteiger partial charge in [0.25, 0.3) is 0 Å². The van der Waals surface area contributed by atoms with E-state index in [9.17, 15) is 14.7 Å². The molecule has 0 atom stereocenters. The van der Waals surface area contributed by atoms with Crippen molar-refractivity contribution in [1.29, 1.82) is 0 Å². The highest BCUT2D eigenvalue weighted by molar-refractivity contribution is 5.74. The Morgan fingerprint density at radius 2 is 1.96 bits per heavy atom. The summed E-state index contributed by atoms with van der Waals surface area (Å²) in [7, 11) is 0. The lowest BCUT2D eigenvalue weighted by molar-refractivity contribution is -0.139. The summed E-state index contributed by atoms with van der Waals surface area (Å²) in [5, 5.41) is 12.0. The first kappa shape index (κ1) is 19.1. The van der Waals surface area contributed by atoms with E-state index in [4.69, 9.17) is 4.74 Å². The van der Waals surface area contributed by atoms with Crippen LogP contribution in [0.5, 0.6) is 5.75 Å². The minimum absolute atomic E-state index is 0.00995. The summed E-state index contributed by atoms with van der Waals surface area (Å²) in [6, 6.07) is 9.60. The van der Waals surface area contributed by atoms with E-state index < -0.39 is 5.97 Å². The van der Waals surface area contributed by atoms with Crippen LogP contribution in [0.4, 0.5) is 4.79 Å². The fourth-order valence-electron chi connectivity index (χ4n) is 3.06. The summed E-state index contributed by atoms with van der Waals surface area (Å²) < 4.78 is 5.69. The number of carboxylic acid groups (broad SMARTS) is 1. The van der Waals surface area contributed by atoms with E-state index in [2.05, 4.69) is 5.32 Å². The predicted molar refractivity (Wildman–Crippen MR) is 94.8 cm³/mol. The zero-order valence-electron chi connectivity index (χ0n) is 14.7. The van der Waals surface area contributed by atoms with E-state index in [0.29, 0.717) is 32.8 Å². The summed E-state index contributed by atoms with van der Waals surface area (Å²) in [5.41, 5.74) is 0. The van der Waals surface area contributed by atoms with Crippen molar-refractivity contribution >= 4 is 12.0 Å². The number of piperidine rings is 1. The Hall–Kier alpha value is -2.28. The van der Waals surface area contributed by atoms with Gasteiger partial charge >= 0.3 is 12.0 Å². The van der Waals surface area contributed by atoms with Gasteiger partial charge in [0.1, 0.15) is 12.4 Å². The molecule has 138 valence electrons. The van der Waals surface area contributed by atoms with Crippen molar-refractivity contribution in [2.24, 2.45) is 0 Å². The Labute approximate surface area is 148 Å². The number of amides is 2. The van der Waals surface area contributed by atoms with Crippen molar-refractivity contribution in [3.63, 3.8) is 0 Å². The number of hydrogen-bond acceptors (Lipinski definition) is 4. The van der Waals surface area contributed by atoms with Gasteiger partial charge in [-0.2, -0.15) is 0 Å². The van der Waals surface area contributed by atoms with Crippen LogP contribution < -0.4 is 10.1 Å². The summed E-state index contributed by atoms with van der Waals surface area (Å²) >= 11 is 0. The average molecular weight is 349 g/mol. The lowest BCUT2D eigenvalue weighted by Crippen LogP contribution is -2.51. The van der Waals surface area contributed by atoms with Gasteiger partial charge in [-0.25, -0.2) is 4.79 Å². The Bertz CT molecular complexity index is 545. The maximum atomic E-state index is 11.9. The molecule has 1 aliphatic heterocycles. The molecular weight excluding hydrogens is 322 g/mol. The van der Waals surface area contributed by atoms with Crippen LogP contribution in [0.3, 0.4) is 0 Å². The molecule has 0 aromatic heterocycles. The highest BCUT2D eigenvalue weighted by Gasteiger charge is 2.27. The first-order valence-electron chi connectivity index (χ1n) is 8.76. The lowest BCUT2D eigenvalue weighted by atomic mass is 10.0. The molecule has 2 N–H and O–H groups in total. The quantitative estimate of drug-likeness (QED) is 0.746. The number of rotatable bonds is 8. The zero-order chi connectivity index (χ0) is 18.1. The summed E-state index contributed by atoms with van der Waals surface area (Å²) in [4.78, 5) is 26.8. The molecule has 0 spiro atoms. The molecule has 1 fully saturated rings. The van der Waals surface area contributed by atoms with E-state index in [1.807, 2.05) is 42.2 Å². The molecule has 1 heterocycles. The van der Waals surface area contributed by atoms with Gasteiger partial charge in [-0.15, -0.1) is 0 Å². The first-order chi connectivity index (χ1) is 12.1. The number of nitrogens with one attached hydrogen (secondary N) is 1. The molecule has 0 radical (unpaired) electrons. The van der Waals surface area contributed by atoms with E-state index in [-0.39, 0.29) is 18.6 Å². The molecular formula is C18H27N3O4. The van der Waals surface area contributed by atoms with E-state index in [1.165, 1.54) is 0 Å². The fourth-order valence-corrected chi connectivity index (χ4v) is 3.06. The number of benzene rings is 1. The molecule has 0 bridgehead atoms. The normalized spacial score (nSPS) is 15.2. The molecule has 25 heavy (non-hydrogen) atoms. The van der Waals surface area contributed by atoms with E-state index >= 15 is 0 Å². The minimum Gasteiger partial charge on any atom is -0.492 e. The monoisotopic (exact) mass is 349 g/mol. The number of carboxylic acids is 1. The molecule has 0 saturated carbocycles. The smallest absolute Gasteiger partial charge is 0.317 e. The number of likely N-dealkylation sites (tertiary alicyclic amines) is 1. The van der Waals surface area contributed by atoms with E-state index in [1.54, 1.807) is 4.90 Å². The van der Waals surface area contributed by atoms with Crippen molar-refractivity contribution in [3.05, 3.63) is 30.3 Å². The SMILES string of the molecule is CCNC(=O)N1CCC(N(CCOc2ccccc2)CC(=O)O)CC1. The third-order valence-corrected chi connectivity index (χ3v) is 4.32. The lowest BCUT2D eigenvalue weighted by Gasteiger charge is -2.37.